The Morgan fingerprint density at radius 1 is 1.15 bits per heavy atom. The normalized spacial score (nSPS) is 10.5. The van der Waals surface area contributed by atoms with Crippen molar-refractivity contribution in [3.8, 4) is 11.5 Å². The number of carbonyl (C=O) groups is 1. The van der Waals surface area contributed by atoms with Gasteiger partial charge in [-0.25, -0.2) is 4.79 Å². The summed E-state index contributed by atoms with van der Waals surface area (Å²) in [7, 11) is 1.58. The van der Waals surface area contributed by atoms with Crippen molar-refractivity contribution in [2.24, 2.45) is 0 Å². The van der Waals surface area contributed by atoms with E-state index >= 15 is 0 Å². The molecule has 0 saturated carbocycles. The summed E-state index contributed by atoms with van der Waals surface area (Å²) in [5.74, 6) is 0.629. The third kappa shape index (κ3) is 3.87. The molecule has 0 amide bonds. The first-order chi connectivity index (χ1) is 9.69. The lowest BCUT2D eigenvalue weighted by atomic mass is 10.2. The van der Waals surface area contributed by atoms with Gasteiger partial charge >= 0.3 is 5.97 Å². The van der Waals surface area contributed by atoms with E-state index in [1.54, 1.807) is 37.5 Å². The molecule has 20 heavy (non-hydrogen) atoms. The summed E-state index contributed by atoms with van der Waals surface area (Å²) in [4.78, 5) is 11.7. The molecule has 0 heterocycles. The van der Waals surface area contributed by atoms with Crippen LogP contribution in [0.1, 0.15) is 5.56 Å². The van der Waals surface area contributed by atoms with Crippen LogP contribution in [0.4, 0.5) is 0 Å². The number of rotatable bonds is 4. The highest BCUT2D eigenvalue weighted by atomic mass is 35.5. The molecule has 0 bridgehead atoms. The van der Waals surface area contributed by atoms with Gasteiger partial charge in [-0.05, 0) is 30.3 Å². The number of para-hydroxylation sites is 1. The van der Waals surface area contributed by atoms with Gasteiger partial charge in [0.1, 0.15) is 11.5 Å². The minimum Gasteiger partial charge on any atom is -0.496 e. The number of ether oxygens (including phenoxy) is 2. The second-order valence-corrected chi connectivity index (χ2v) is 4.39. The minimum absolute atomic E-state index is 0.409. The van der Waals surface area contributed by atoms with Crippen LogP contribution in [0.2, 0.25) is 5.02 Å². The standard InChI is InChI=1S/C16H13ClO3/c1-19-15-8-3-2-5-12(15)9-10-16(18)20-14-7-4-6-13(17)11-14/h2-11H,1H3/b10-9+. The molecule has 4 heteroatoms. The number of carbonyl (C=O) groups excluding carboxylic acids is 1. The van der Waals surface area contributed by atoms with Crippen molar-refractivity contribution in [1.82, 2.24) is 0 Å². The molecule has 102 valence electrons. The summed E-state index contributed by atoms with van der Waals surface area (Å²) in [6.45, 7) is 0. The fraction of sp³-hybridized carbons (Fsp3) is 0.0625. The maximum absolute atomic E-state index is 11.7. The molecule has 0 atom stereocenters. The lowest BCUT2D eigenvalue weighted by Crippen LogP contribution is -2.03. The average molecular weight is 289 g/mol. The van der Waals surface area contributed by atoms with Gasteiger partial charge in [0, 0.05) is 16.7 Å². The van der Waals surface area contributed by atoms with Gasteiger partial charge in [-0.1, -0.05) is 35.9 Å². The van der Waals surface area contributed by atoms with Crippen LogP contribution in [0.15, 0.2) is 54.6 Å². The van der Waals surface area contributed by atoms with Gasteiger partial charge in [0.25, 0.3) is 0 Å². The van der Waals surface area contributed by atoms with Crippen molar-refractivity contribution in [2.75, 3.05) is 7.11 Å². The second kappa shape index (κ2) is 6.78. The molecule has 0 radical (unpaired) electrons. The van der Waals surface area contributed by atoms with Gasteiger partial charge in [0.15, 0.2) is 0 Å². The molecule has 2 aromatic rings. The molecular formula is C16H13ClO3. The smallest absolute Gasteiger partial charge is 0.336 e. The van der Waals surface area contributed by atoms with E-state index in [0.29, 0.717) is 16.5 Å². The van der Waals surface area contributed by atoms with E-state index in [4.69, 9.17) is 21.1 Å². The number of hydrogen-bond acceptors (Lipinski definition) is 3. The van der Waals surface area contributed by atoms with Gasteiger partial charge in [0.2, 0.25) is 0 Å². The Kier molecular flexibility index (Phi) is 4.80. The maximum atomic E-state index is 11.7. The molecule has 0 aromatic heterocycles. The molecule has 0 spiro atoms. The predicted molar refractivity (Wildman–Crippen MR) is 79.1 cm³/mol. The Hall–Kier alpha value is -2.26. The molecule has 2 rings (SSSR count). The zero-order valence-electron chi connectivity index (χ0n) is 10.9. The Morgan fingerprint density at radius 2 is 1.95 bits per heavy atom. The SMILES string of the molecule is COc1ccccc1/C=C/C(=O)Oc1cccc(Cl)c1. The monoisotopic (exact) mass is 288 g/mol. The van der Waals surface area contributed by atoms with E-state index < -0.39 is 5.97 Å². The van der Waals surface area contributed by atoms with Crippen molar-refractivity contribution >= 4 is 23.6 Å². The third-order valence-electron chi connectivity index (χ3n) is 2.55. The molecule has 0 N–H and O–H groups in total. The van der Waals surface area contributed by atoms with E-state index in [9.17, 15) is 4.79 Å². The van der Waals surface area contributed by atoms with Crippen molar-refractivity contribution < 1.29 is 14.3 Å². The second-order valence-electron chi connectivity index (χ2n) is 3.95. The van der Waals surface area contributed by atoms with Gasteiger partial charge in [-0.15, -0.1) is 0 Å². The van der Waals surface area contributed by atoms with Crippen LogP contribution in [0.5, 0.6) is 11.5 Å². The number of halogens is 1. The van der Waals surface area contributed by atoms with Crippen LogP contribution in [0.3, 0.4) is 0 Å². The lowest BCUT2D eigenvalue weighted by molar-refractivity contribution is -0.128. The van der Waals surface area contributed by atoms with Crippen molar-refractivity contribution in [2.45, 2.75) is 0 Å². The number of hydrogen-bond donors (Lipinski definition) is 0. The third-order valence-corrected chi connectivity index (χ3v) is 2.79. The highest BCUT2D eigenvalue weighted by Gasteiger charge is 2.02. The number of methoxy groups -OCH3 is 1. The first kappa shape index (κ1) is 14.2. The van der Waals surface area contributed by atoms with Crippen LogP contribution in [-0.4, -0.2) is 13.1 Å². The summed E-state index contributed by atoms with van der Waals surface area (Å²) in [5.41, 5.74) is 0.804. The highest BCUT2D eigenvalue weighted by Crippen LogP contribution is 2.20. The molecule has 0 aliphatic carbocycles. The van der Waals surface area contributed by atoms with Crippen molar-refractivity contribution in [3.05, 3.63) is 65.2 Å². The Labute approximate surface area is 122 Å². The molecule has 3 nitrogen and oxygen atoms in total. The van der Waals surface area contributed by atoms with Crippen LogP contribution >= 0.6 is 11.6 Å². The zero-order chi connectivity index (χ0) is 14.4. The number of esters is 1. The summed E-state index contributed by atoms with van der Waals surface area (Å²) < 4.78 is 10.3. The summed E-state index contributed by atoms with van der Waals surface area (Å²) >= 11 is 5.81. The van der Waals surface area contributed by atoms with Gasteiger partial charge in [0.05, 0.1) is 7.11 Å². The lowest BCUT2D eigenvalue weighted by Gasteiger charge is -2.04. The fourth-order valence-corrected chi connectivity index (χ4v) is 1.82. The Balaban J connectivity index is 2.06. The molecule has 0 unspecified atom stereocenters. The summed E-state index contributed by atoms with van der Waals surface area (Å²) in [6, 6.07) is 14.1. The predicted octanol–water partition coefficient (Wildman–Crippen LogP) is 3.97. The maximum Gasteiger partial charge on any atom is 0.336 e. The minimum atomic E-state index is -0.474. The number of benzene rings is 2. The van der Waals surface area contributed by atoms with Gasteiger partial charge < -0.3 is 9.47 Å². The largest absolute Gasteiger partial charge is 0.496 e. The van der Waals surface area contributed by atoms with Crippen LogP contribution < -0.4 is 9.47 Å². The van der Waals surface area contributed by atoms with E-state index in [2.05, 4.69) is 0 Å². The zero-order valence-corrected chi connectivity index (χ0v) is 11.6. The van der Waals surface area contributed by atoms with Crippen molar-refractivity contribution in [3.63, 3.8) is 0 Å². The quantitative estimate of drug-likeness (QED) is 0.485. The van der Waals surface area contributed by atoms with Crippen LogP contribution in [0.25, 0.3) is 6.08 Å². The molecule has 0 fully saturated rings. The van der Waals surface area contributed by atoms with E-state index in [1.807, 2.05) is 24.3 Å². The molecule has 2 aromatic carbocycles. The summed E-state index contributed by atoms with van der Waals surface area (Å²) in [6.07, 6.45) is 2.99. The topological polar surface area (TPSA) is 35.5 Å². The van der Waals surface area contributed by atoms with E-state index in [1.165, 1.54) is 6.08 Å². The van der Waals surface area contributed by atoms with E-state index in [-0.39, 0.29) is 0 Å². The molecule has 0 aliphatic heterocycles. The molecular weight excluding hydrogens is 276 g/mol. The Morgan fingerprint density at radius 3 is 2.70 bits per heavy atom. The average Bonchev–Trinajstić information content (AvgIpc) is 2.45. The first-order valence-corrected chi connectivity index (χ1v) is 6.35. The van der Waals surface area contributed by atoms with Crippen LogP contribution in [0, 0.1) is 0 Å². The molecule has 0 saturated heterocycles. The fourth-order valence-electron chi connectivity index (χ4n) is 1.64. The summed E-state index contributed by atoms with van der Waals surface area (Å²) in [5, 5.41) is 0.518. The van der Waals surface area contributed by atoms with Crippen molar-refractivity contribution in [1.29, 1.82) is 0 Å². The van der Waals surface area contributed by atoms with Gasteiger partial charge in [-0.2, -0.15) is 0 Å². The first-order valence-electron chi connectivity index (χ1n) is 5.97. The van der Waals surface area contributed by atoms with Crippen LogP contribution in [-0.2, 0) is 4.79 Å². The van der Waals surface area contributed by atoms with E-state index in [0.717, 1.165) is 5.56 Å². The highest BCUT2D eigenvalue weighted by molar-refractivity contribution is 6.30. The molecule has 0 aliphatic rings. The Bertz CT molecular complexity index is 635. The van der Waals surface area contributed by atoms with Gasteiger partial charge in [-0.3, -0.25) is 0 Å².